The van der Waals surface area contributed by atoms with Crippen molar-refractivity contribution in [2.45, 2.75) is 116 Å². The maximum Gasteiger partial charge on any atom is 0.495 e. The van der Waals surface area contributed by atoms with Gasteiger partial charge in [0.05, 0.1) is 27.6 Å². The lowest BCUT2D eigenvalue weighted by molar-refractivity contribution is 0.00578. The fourth-order valence-electron chi connectivity index (χ4n) is 8.01. The Labute approximate surface area is 279 Å². The summed E-state index contributed by atoms with van der Waals surface area (Å²) in [4.78, 5) is 0. The molecule has 1 aliphatic heterocycles. The maximum atomic E-state index is 6.90. The van der Waals surface area contributed by atoms with Gasteiger partial charge < -0.3 is 18.3 Å². The number of hydrogen-bond donors (Lipinski definition) is 0. The van der Waals surface area contributed by atoms with Crippen LogP contribution < -0.4 is 5.46 Å². The number of benzene rings is 4. The van der Waals surface area contributed by atoms with Crippen LogP contribution in [0, 0.1) is 0 Å². The Hall–Kier alpha value is -3.54. The average molecular weight is 626 g/mol. The number of aromatic nitrogens is 1. The molecule has 0 N–H and O–H groups in total. The van der Waals surface area contributed by atoms with Gasteiger partial charge in [0.1, 0.15) is 11.2 Å². The molecule has 0 unspecified atom stereocenters. The zero-order chi connectivity index (χ0) is 33.5. The third kappa shape index (κ3) is 4.42. The van der Waals surface area contributed by atoms with Crippen molar-refractivity contribution in [2.75, 3.05) is 0 Å². The first kappa shape index (κ1) is 30.8. The quantitative estimate of drug-likeness (QED) is 0.180. The van der Waals surface area contributed by atoms with Gasteiger partial charge in [-0.05, 0) is 115 Å². The van der Waals surface area contributed by atoms with E-state index in [1.807, 2.05) is 0 Å². The molecule has 242 valence electrons. The van der Waals surface area contributed by atoms with Crippen LogP contribution in [0.4, 0.5) is 0 Å². The van der Waals surface area contributed by atoms with Gasteiger partial charge in [0.2, 0.25) is 0 Å². The Bertz CT molecular complexity index is 2220. The minimum Gasteiger partial charge on any atom is -0.455 e. The molecular weight excluding hydrogens is 577 g/mol. The molecular formula is C42H48BNO3. The third-order valence-electron chi connectivity index (χ3n) is 11.9. The van der Waals surface area contributed by atoms with Crippen molar-refractivity contribution in [3.63, 3.8) is 0 Å². The molecule has 4 nitrogen and oxygen atoms in total. The minimum atomic E-state index is -0.534. The molecule has 1 aliphatic carbocycles. The van der Waals surface area contributed by atoms with Crippen LogP contribution in [0.25, 0.3) is 49.4 Å². The molecule has 2 aliphatic rings. The van der Waals surface area contributed by atoms with E-state index in [4.69, 9.17) is 13.7 Å². The summed E-state index contributed by atoms with van der Waals surface area (Å²) >= 11 is 0. The largest absolute Gasteiger partial charge is 0.495 e. The first-order valence-electron chi connectivity index (χ1n) is 17.3. The fraction of sp³-hybridized carbons (Fsp3) is 0.429. The summed E-state index contributed by atoms with van der Waals surface area (Å²) in [6.07, 6.45) is 2.33. The highest BCUT2D eigenvalue weighted by Crippen LogP contribution is 2.50. The van der Waals surface area contributed by atoms with Crippen LogP contribution in [-0.4, -0.2) is 22.9 Å². The zero-order valence-corrected chi connectivity index (χ0v) is 30.0. The zero-order valence-electron chi connectivity index (χ0n) is 30.0. The van der Waals surface area contributed by atoms with Gasteiger partial charge in [-0.25, -0.2) is 0 Å². The fourth-order valence-corrected chi connectivity index (χ4v) is 8.01. The molecule has 6 aromatic rings. The molecule has 2 aromatic heterocycles. The number of nitrogens with zero attached hydrogens (tertiary/aromatic N) is 1. The Balaban J connectivity index is 1.55. The third-order valence-corrected chi connectivity index (χ3v) is 11.9. The van der Waals surface area contributed by atoms with Crippen LogP contribution in [0.1, 0.15) is 106 Å². The van der Waals surface area contributed by atoms with Gasteiger partial charge >= 0.3 is 7.12 Å². The Morgan fingerprint density at radius 2 is 1.26 bits per heavy atom. The Morgan fingerprint density at radius 3 is 1.87 bits per heavy atom. The first-order valence-corrected chi connectivity index (χ1v) is 17.3. The van der Waals surface area contributed by atoms with Crippen LogP contribution >= 0.6 is 0 Å². The summed E-state index contributed by atoms with van der Waals surface area (Å²) in [7, 11) is -0.534. The molecule has 0 spiro atoms. The maximum absolute atomic E-state index is 6.90. The molecule has 1 fully saturated rings. The van der Waals surface area contributed by atoms with Gasteiger partial charge in [0.25, 0.3) is 0 Å². The molecule has 47 heavy (non-hydrogen) atoms. The standard InChI is InChI=1S/C42H48BNO3/c1-38(2,3)25-16-18-26(19-17-25)44-32-23-30-29(39(4,5)20-21-40(30,6)7)22-28(32)36-33(44)24-31(43-46-41(8,9)42(10,11)47-43)35-27-14-12-13-15-34(27)45-37(35)36/h12-19,22-24H,20-21H2,1-11H3. The van der Waals surface area contributed by atoms with Gasteiger partial charge in [-0.15, -0.1) is 0 Å². The predicted molar refractivity (Wildman–Crippen MR) is 198 cm³/mol. The van der Waals surface area contributed by atoms with E-state index in [2.05, 4.69) is 147 Å². The number of furan rings is 1. The molecule has 1 saturated heterocycles. The van der Waals surface area contributed by atoms with E-state index in [1.165, 1.54) is 34.0 Å². The van der Waals surface area contributed by atoms with Crippen molar-refractivity contribution in [3.8, 4) is 5.69 Å². The van der Waals surface area contributed by atoms with Crippen LogP contribution in [-0.2, 0) is 25.6 Å². The highest BCUT2D eigenvalue weighted by atomic mass is 16.7. The smallest absolute Gasteiger partial charge is 0.455 e. The first-order chi connectivity index (χ1) is 21.9. The lowest BCUT2D eigenvalue weighted by atomic mass is 9.63. The Morgan fingerprint density at radius 1 is 0.660 bits per heavy atom. The van der Waals surface area contributed by atoms with Crippen LogP contribution in [0.3, 0.4) is 0 Å². The van der Waals surface area contributed by atoms with Gasteiger partial charge in [-0.2, -0.15) is 0 Å². The van der Waals surface area contributed by atoms with Crippen molar-refractivity contribution in [3.05, 3.63) is 83.4 Å². The summed E-state index contributed by atoms with van der Waals surface area (Å²) in [5.74, 6) is 0. The molecule has 4 aromatic carbocycles. The lowest BCUT2D eigenvalue weighted by Gasteiger charge is -2.42. The van der Waals surface area contributed by atoms with E-state index in [0.717, 1.165) is 50.4 Å². The van der Waals surface area contributed by atoms with E-state index in [1.54, 1.807) is 0 Å². The van der Waals surface area contributed by atoms with Gasteiger partial charge in [-0.1, -0.05) is 78.8 Å². The molecule has 0 radical (unpaired) electrons. The lowest BCUT2D eigenvalue weighted by Crippen LogP contribution is -2.41. The number of hydrogen-bond acceptors (Lipinski definition) is 3. The molecule has 3 heterocycles. The van der Waals surface area contributed by atoms with Crippen LogP contribution in [0.2, 0.25) is 0 Å². The van der Waals surface area contributed by atoms with E-state index in [0.29, 0.717) is 0 Å². The minimum absolute atomic E-state index is 0.0679. The van der Waals surface area contributed by atoms with Crippen LogP contribution in [0.15, 0.2) is 71.1 Å². The molecule has 0 amide bonds. The topological polar surface area (TPSA) is 36.5 Å². The summed E-state index contributed by atoms with van der Waals surface area (Å²) in [6.45, 7) is 24.9. The highest BCUT2D eigenvalue weighted by Gasteiger charge is 2.52. The predicted octanol–water partition coefficient (Wildman–Crippen LogP) is 10.6. The average Bonchev–Trinajstić information content (AvgIpc) is 3.60. The van der Waals surface area contributed by atoms with E-state index >= 15 is 0 Å². The van der Waals surface area contributed by atoms with Crippen molar-refractivity contribution in [1.82, 2.24) is 4.57 Å². The molecule has 0 bridgehead atoms. The highest BCUT2D eigenvalue weighted by molar-refractivity contribution is 6.66. The number of fused-ring (bicyclic) bond motifs is 8. The number of para-hydroxylation sites is 1. The molecule has 8 rings (SSSR count). The van der Waals surface area contributed by atoms with Crippen molar-refractivity contribution in [1.29, 1.82) is 0 Å². The van der Waals surface area contributed by atoms with E-state index in [-0.39, 0.29) is 16.2 Å². The summed E-state index contributed by atoms with van der Waals surface area (Å²) < 4.78 is 22.9. The van der Waals surface area contributed by atoms with Crippen molar-refractivity contribution < 1.29 is 13.7 Å². The van der Waals surface area contributed by atoms with E-state index in [9.17, 15) is 0 Å². The second-order valence-corrected chi connectivity index (χ2v) is 17.6. The summed E-state index contributed by atoms with van der Waals surface area (Å²) in [5, 5.41) is 4.54. The van der Waals surface area contributed by atoms with Gasteiger partial charge in [-0.3, -0.25) is 0 Å². The molecule has 0 saturated carbocycles. The van der Waals surface area contributed by atoms with Crippen LogP contribution in [0.5, 0.6) is 0 Å². The summed E-state index contributed by atoms with van der Waals surface area (Å²) in [5.41, 5.74) is 9.75. The Kier molecular flexibility index (Phi) is 6.25. The normalized spacial score (nSPS) is 20.1. The van der Waals surface area contributed by atoms with E-state index < -0.39 is 18.3 Å². The van der Waals surface area contributed by atoms with Gasteiger partial charge in [0.15, 0.2) is 0 Å². The molecule has 0 atom stereocenters. The van der Waals surface area contributed by atoms with Crippen molar-refractivity contribution in [2.24, 2.45) is 0 Å². The number of rotatable bonds is 2. The SMILES string of the molecule is CC(C)(C)c1ccc(-n2c3cc4c(cc3c3c5oc6ccccc6c5c(B5OC(C)(C)C(C)(C)O5)cc32)C(C)(C)CCC4(C)C)cc1. The van der Waals surface area contributed by atoms with Crippen molar-refractivity contribution >= 4 is 56.3 Å². The summed E-state index contributed by atoms with van der Waals surface area (Å²) in [6, 6.07) is 24.8. The second-order valence-electron chi connectivity index (χ2n) is 17.6. The van der Waals surface area contributed by atoms with Gasteiger partial charge in [0, 0.05) is 21.8 Å². The molecule has 5 heteroatoms. The monoisotopic (exact) mass is 625 g/mol. The second kappa shape index (κ2) is 9.54.